The van der Waals surface area contributed by atoms with Gasteiger partial charge in [0.15, 0.2) is 5.41 Å². The van der Waals surface area contributed by atoms with Gasteiger partial charge in [-0.05, 0) is 12.8 Å². The van der Waals surface area contributed by atoms with Crippen molar-refractivity contribution in [1.82, 2.24) is 0 Å². The van der Waals surface area contributed by atoms with Gasteiger partial charge in [-0.25, -0.2) is 0 Å². The van der Waals surface area contributed by atoms with E-state index in [0.717, 1.165) is 0 Å². The minimum absolute atomic E-state index is 0.235. The zero-order valence-corrected chi connectivity index (χ0v) is 7.00. The Kier molecular flexibility index (Phi) is 2.66. The van der Waals surface area contributed by atoms with Crippen molar-refractivity contribution in [2.24, 2.45) is 5.41 Å². The molecule has 1 aliphatic rings. The molecule has 1 saturated carbocycles. The number of rotatable bonds is 4. The normalized spacial score (nSPS) is 18.0. The minimum Gasteiger partial charge on any atom is -0.462 e. The molecule has 12 heavy (non-hydrogen) atoms. The second-order valence-electron chi connectivity index (χ2n) is 2.82. The van der Waals surface area contributed by atoms with Crippen LogP contribution in [0.5, 0.6) is 0 Å². The van der Waals surface area contributed by atoms with Gasteiger partial charge in [0.1, 0.15) is 6.61 Å². The lowest BCUT2D eigenvalue weighted by Gasteiger charge is -2.05. The van der Waals surface area contributed by atoms with Gasteiger partial charge in [-0.1, -0.05) is 0 Å². The van der Waals surface area contributed by atoms with Crippen molar-refractivity contribution in [3.05, 3.63) is 0 Å². The Balaban J connectivity index is 2.26. The SMILES string of the molecule is COCCOC(=O)C1(C#N)CC1. The van der Waals surface area contributed by atoms with Crippen LogP contribution in [0.15, 0.2) is 0 Å². The van der Waals surface area contributed by atoms with Crippen LogP contribution in [0.2, 0.25) is 0 Å². The van der Waals surface area contributed by atoms with Gasteiger partial charge in [-0.15, -0.1) is 0 Å². The number of nitrogens with zero attached hydrogens (tertiary/aromatic N) is 1. The first kappa shape index (κ1) is 9.01. The predicted molar refractivity (Wildman–Crippen MR) is 40.1 cm³/mol. The first-order valence-corrected chi connectivity index (χ1v) is 3.82. The van der Waals surface area contributed by atoms with E-state index in [9.17, 15) is 4.79 Å². The molecule has 0 saturated heterocycles. The van der Waals surface area contributed by atoms with Crippen LogP contribution in [0, 0.1) is 16.7 Å². The molecule has 0 atom stereocenters. The molecule has 4 heteroatoms. The molecule has 4 nitrogen and oxygen atoms in total. The fraction of sp³-hybridized carbons (Fsp3) is 0.750. The summed E-state index contributed by atoms with van der Waals surface area (Å²) in [5.41, 5.74) is -0.812. The summed E-state index contributed by atoms with van der Waals surface area (Å²) in [5.74, 6) is -0.401. The van der Waals surface area contributed by atoms with Gasteiger partial charge in [0.25, 0.3) is 0 Å². The number of carbonyl (C=O) groups is 1. The standard InChI is InChI=1S/C8H11NO3/c1-11-4-5-12-7(10)8(6-9)2-3-8/h2-5H2,1H3. The highest BCUT2D eigenvalue weighted by Gasteiger charge is 2.52. The summed E-state index contributed by atoms with van der Waals surface area (Å²) in [6.45, 7) is 0.617. The van der Waals surface area contributed by atoms with E-state index in [2.05, 4.69) is 0 Å². The van der Waals surface area contributed by atoms with E-state index < -0.39 is 11.4 Å². The van der Waals surface area contributed by atoms with Gasteiger partial charge in [0.2, 0.25) is 0 Å². The molecule has 0 radical (unpaired) electrons. The van der Waals surface area contributed by atoms with Crippen molar-refractivity contribution < 1.29 is 14.3 Å². The van der Waals surface area contributed by atoms with Gasteiger partial charge >= 0.3 is 5.97 Å². The zero-order chi connectivity index (χ0) is 9.03. The number of hydrogen-bond acceptors (Lipinski definition) is 4. The Labute approximate surface area is 71.1 Å². The zero-order valence-electron chi connectivity index (χ0n) is 7.00. The number of hydrogen-bond donors (Lipinski definition) is 0. The smallest absolute Gasteiger partial charge is 0.326 e. The van der Waals surface area contributed by atoms with E-state index in [4.69, 9.17) is 14.7 Å². The van der Waals surface area contributed by atoms with Crippen LogP contribution < -0.4 is 0 Å². The number of ether oxygens (including phenoxy) is 2. The van der Waals surface area contributed by atoms with Crippen molar-refractivity contribution >= 4 is 5.97 Å². The van der Waals surface area contributed by atoms with Crippen LogP contribution >= 0.6 is 0 Å². The van der Waals surface area contributed by atoms with Crippen molar-refractivity contribution in [1.29, 1.82) is 5.26 Å². The maximum atomic E-state index is 11.1. The molecule has 0 amide bonds. The number of esters is 1. The van der Waals surface area contributed by atoms with Crippen LogP contribution in [0.25, 0.3) is 0 Å². The first-order chi connectivity index (χ1) is 5.75. The summed E-state index contributed by atoms with van der Waals surface area (Å²) < 4.78 is 9.51. The van der Waals surface area contributed by atoms with E-state index in [0.29, 0.717) is 19.4 Å². The molecule has 1 rings (SSSR count). The highest BCUT2D eigenvalue weighted by molar-refractivity contribution is 5.83. The lowest BCUT2D eigenvalue weighted by molar-refractivity contribution is -0.149. The predicted octanol–water partition coefficient (Wildman–Crippen LogP) is 0.480. The molecular formula is C8H11NO3. The summed E-state index contributed by atoms with van der Waals surface area (Å²) in [7, 11) is 1.53. The quantitative estimate of drug-likeness (QED) is 0.453. The molecule has 66 valence electrons. The highest BCUT2D eigenvalue weighted by Crippen LogP contribution is 2.45. The van der Waals surface area contributed by atoms with Gasteiger partial charge in [-0.2, -0.15) is 5.26 Å². The van der Waals surface area contributed by atoms with E-state index in [-0.39, 0.29) is 6.61 Å². The molecule has 0 heterocycles. The fourth-order valence-electron chi connectivity index (χ4n) is 0.842. The second-order valence-corrected chi connectivity index (χ2v) is 2.82. The summed E-state index contributed by atoms with van der Waals surface area (Å²) in [5, 5.41) is 8.60. The molecule has 0 aliphatic heterocycles. The third kappa shape index (κ3) is 1.74. The Morgan fingerprint density at radius 3 is 2.67 bits per heavy atom. The van der Waals surface area contributed by atoms with Gasteiger partial charge in [0.05, 0.1) is 12.7 Å². The summed E-state index contributed by atoms with van der Waals surface area (Å²) in [6.07, 6.45) is 1.27. The fourth-order valence-corrected chi connectivity index (χ4v) is 0.842. The summed E-state index contributed by atoms with van der Waals surface area (Å²) in [6, 6.07) is 1.96. The van der Waals surface area contributed by atoms with Crippen LogP contribution in [-0.2, 0) is 14.3 Å². The lowest BCUT2D eigenvalue weighted by atomic mass is 10.1. The third-order valence-electron chi connectivity index (χ3n) is 1.88. The molecule has 0 unspecified atom stereocenters. The highest BCUT2D eigenvalue weighted by atomic mass is 16.6. The second kappa shape index (κ2) is 3.55. The van der Waals surface area contributed by atoms with E-state index in [1.165, 1.54) is 7.11 Å². The maximum Gasteiger partial charge on any atom is 0.326 e. The monoisotopic (exact) mass is 169 g/mol. The molecule has 0 aromatic heterocycles. The van der Waals surface area contributed by atoms with Gasteiger partial charge in [-0.3, -0.25) is 4.79 Å². The molecular weight excluding hydrogens is 158 g/mol. The van der Waals surface area contributed by atoms with E-state index in [1.54, 1.807) is 0 Å². The molecule has 1 aliphatic carbocycles. The Morgan fingerprint density at radius 2 is 2.25 bits per heavy atom. The van der Waals surface area contributed by atoms with Crippen LogP contribution in [0.4, 0.5) is 0 Å². The molecule has 0 N–H and O–H groups in total. The van der Waals surface area contributed by atoms with Crippen molar-refractivity contribution in [3.63, 3.8) is 0 Å². The minimum atomic E-state index is -0.812. The first-order valence-electron chi connectivity index (χ1n) is 3.82. The average Bonchev–Trinajstić information content (AvgIpc) is 2.85. The summed E-state index contributed by atoms with van der Waals surface area (Å²) in [4.78, 5) is 11.1. The van der Waals surface area contributed by atoms with E-state index >= 15 is 0 Å². The van der Waals surface area contributed by atoms with Gasteiger partial charge < -0.3 is 9.47 Å². The molecule has 0 spiro atoms. The number of nitriles is 1. The molecule has 0 aromatic carbocycles. The van der Waals surface area contributed by atoms with Crippen LogP contribution in [0.3, 0.4) is 0 Å². The van der Waals surface area contributed by atoms with Crippen molar-refractivity contribution in [2.45, 2.75) is 12.8 Å². The third-order valence-corrected chi connectivity index (χ3v) is 1.88. The van der Waals surface area contributed by atoms with Crippen molar-refractivity contribution in [3.8, 4) is 6.07 Å². The summed E-state index contributed by atoms with van der Waals surface area (Å²) >= 11 is 0. The topological polar surface area (TPSA) is 59.3 Å². The Hall–Kier alpha value is -1.08. The largest absolute Gasteiger partial charge is 0.462 e. The maximum absolute atomic E-state index is 11.1. The number of methoxy groups -OCH3 is 1. The van der Waals surface area contributed by atoms with Gasteiger partial charge in [0, 0.05) is 7.11 Å². The average molecular weight is 169 g/mol. The Morgan fingerprint density at radius 1 is 1.58 bits per heavy atom. The lowest BCUT2D eigenvalue weighted by Crippen LogP contribution is -2.19. The molecule has 0 aromatic rings. The molecule has 1 fully saturated rings. The number of carbonyl (C=O) groups excluding carboxylic acids is 1. The van der Waals surface area contributed by atoms with Crippen LogP contribution in [0.1, 0.15) is 12.8 Å². The molecule has 0 bridgehead atoms. The van der Waals surface area contributed by atoms with E-state index in [1.807, 2.05) is 6.07 Å². The Bertz CT molecular complexity index is 215. The van der Waals surface area contributed by atoms with Crippen LogP contribution in [-0.4, -0.2) is 26.3 Å². The van der Waals surface area contributed by atoms with Crippen molar-refractivity contribution in [2.75, 3.05) is 20.3 Å².